The third-order valence-electron chi connectivity index (χ3n) is 6.66. The van der Waals surface area contributed by atoms with Crippen LogP contribution in [0.5, 0.6) is 0 Å². The summed E-state index contributed by atoms with van der Waals surface area (Å²) in [6.07, 6.45) is 2.56. The second-order valence-corrected chi connectivity index (χ2v) is 11.8. The predicted octanol–water partition coefficient (Wildman–Crippen LogP) is 4.01. The molecule has 0 bridgehead atoms. The first-order valence-corrected chi connectivity index (χ1v) is 13.5. The van der Waals surface area contributed by atoms with Gasteiger partial charge in [-0.2, -0.15) is 12.7 Å². The van der Waals surface area contributed by atoms with E-state index in [0.717, 1.165) is 34.9 Å². The fourth-order valence-corrected chi connectivity index (χ4v) is 5.32. The van der Waals surface area contributed by atoms with Gasteiger partial charge in [0.25, 0.3) is 5.91 Å². The number of aryl methyl sites for hydroxylation is 1. The van der Waals surface area contributed by atoms with E-state index in [4.69, 9.17) is 4.98 Å². The Hall–Kier alpha value is -2.91. The van der Waals surface area contributed by atoms with Gasteiger partial charge in [-0.15, -0.1) is 0 Å². The summed E-state index contributed by atoms with van der Waals surface area (Å²) in [6.45, 7) is 5.56. The lowest BCUT2D eigenvalue weighted by molar-refractivity contribution is 0.0714. The monoisotopic (exact) mass is 497 g/mol. The van der Waals surface area contributed by atoms with E-state index in [1.807, 2.05) is 22.6 Å². The Balaban J connectivity index is 1.68. The summed E-state index contributed by atoms with van der Waals surface area (Å²) in [6, 6.07) is 13.8. The van der Waals surface area contributed by atoms with Crippen LogP contribution in [0.3, 0.4) is 0 Å². The largest absolute Gasteiger partial charge is 0.339 e. The Morgan fingerprint density at radius 3 is 2.40 bits per heavy atom. The van der Waals surface area contributed by atoms with Crippen molar-refractivity contribution in [3.63, 3.8) is 0 Å². The predicted molar refractivity (Wildman–Crippen MR) is 140 cm³/mol. The summed E-state index contributed by atoms with van der Waals surface area (Å²) >= 11 is 0. The molecule has 8 nitrogen and oxygen atoms in total. The Morgan fingerprint density at radius 2 is 1.80 bits per heavy atom. The Morgan fingerprint density at radius 1 is 1.14 bits per heavy atom. The van der Waals surface area contributed by atoms with Gasteiger partial charge in [0.1, 0.15) is 5.82 Å². The van der Waals surface area contributed by atoms with E-state index in [-0.39, 0.29) is 5.91 Å². The minimum atomic E-state index is -3.72. The lowest BCUT2D eigenvalue weighted by Crippen LogP contribution is -2.38. The average molecular weight is 498 g/mol. The highest BCUT2D eigenvalue weighted by atomic mass is 32.2. The number of aromatic nitrogens is 2. The van der Waals surface area contributed by atoms with Crippen molar-refractivity contribution in [2.45, 2.75) is 39.0 Å². The van der Waals surface area contributed by atoms with Crippen LogP contribution in [0.4, 0.5) is 5.69 Å². The van der Waals surface area contributed by atoms with E-state index in [2.05, 4.69) is 42.8 Å². The van der Waals surface area contributed by atoms with Gasteiger partial charge in [-0.25, -0.2) is 4.98 Å². The second kappa shape index (κ2) is 9.99. The number of carbonyl (C=O) groups is 1. The molecule has 0 unspecified atom stereocenters. The van der Waals surface area contributed by atoms with E-state index in [0.29, 0.717) is 41.7 Å². The van der Waals surface area contributed by atoms with Gasteiger partial charge in [0.2, 0.25) is 0 Å². The molecule has 2 aromatic carbocycles. The zero-order valence-electron chi connectivity index (χ0n) is 21.2. The molecule has 4 rings (SSSR count). The van der Waals surface area contributed by atoms with E-state index >= 15 is 0 Å². The van der Waals surface area contributed by atoms with Gasteiger partial charge in [0.05, 0.1) is 22.3 Å². The van der Waals surface area contributed by atoms with Gasteiger partial charge in [0, 0.05) is 40.7 Å². The smallest absolute Gasteiger partial charge is 0.301 e. The van der Waals surface area contributed by atoms with Gasteiger partial charge in [-0.1, -0.05) is 44.2 Å². The summed E-state index contributed by atoms with van der Waals surface area (Å²) in [7, 11) is 1.13. The Bertz CT molecular complexity index is 1310. The number of carbonyl (C=O) groups excluding carboxylic acids is 1. The Labute approximate surface area is 208 Å². The molecule has 2 heterocycles. The molecule has 1 aliphatic rings. The van der Waals surface area contributed by atoms with Crippen LogP contribution < -0.4 is 4.72 Å². The summed E-state index contributed by atoms with van der Waals surface area (Å²) in [5.74, 6) is 1.62. The molecule has 1 aromatic heterocycles. The number of hydrogen-bond donors (Lipinski definition) is 1. The molecular weight excluding hydrogens is 462 g/mol. The number of piperidine rings is 1. The van der Waals surface area contributed by atoms with Gasteiger partial charge in [-0.3, -0.25) is 9.52 Å². The maximum absolute atomic E-state index is 13.8. The molecular formula is C26H35N5O3S. The number of imidazole rings is 1. The van der Waals surface area contributed by atoms with Crippen molar-refractivity contribution in [2.75, 3.05) is 31.9 Å². The normalized spacial score (nSPS) is 15.3. The van der Waals surface area contributed by atoms with Crippen molar-refractivity contribution in [1.29, 1.82) is 0 Å². The first-order valence-electron chi connectivity index (χ1n) is 12.1. The minimum Gasteiger partial charge on any atom is -0.339 e. The number of nitrogens with one attached hydrogen (secondary N) is 1. The number of amides is 1. The third-order valence-corrected chi connectivity index (χ3v) is 8.12. The zero-order chi connectivity index (χ0) is 25.3. The molecule has 0 atom stereocenters. The SMILES string of the molecule is CC(C)Cc1nc2cc(NS(=O)(=O)N(C)C)cc(C(=O)N3CCC(c4ccccc4)CC3)c2n1C. The fourth-order valence-electron chi connectivity index (χ4n) is 4.72. The van der Waals surface area contributed by atoms with Crippen LogP contribution in [0.15, 0.2) is 42.5 Å². The molecule has 0 saturated carbocycles. The van der Waals surface area contributed by atoms with Crippen molar-refractivity contribution >= 4 is 32.8 Å². The molecule has 9 heteroatoms. The first kappa shape index (κ1) is 25.2. The maximum Gasteiger partial charge on any atom is 0.301 e. The number of benzene rings is 2. The molecule has 1 aliphatic heterocycles. The van der Waals surface area contributed by atoms with E-state index < -0.39 is 10.2 Å². The van der Waals surface area contributed by atoms with Crippen molar-refractivity contribution in [3.05, 3.63) is 59.4 Å². The molecule has 1 saturated heterocycles. The molecule has 0 aliphatic carbocycles. The summed E-state index contributed by atoms with van der Waals surface area (Å²) in [5, 5.41) is 0. The standard InChI is InChI=1S/C26H35N5O3S/c1-18(2)15-24-27-23-17-21(28-35(33,34)29(3)4)16-22(25(23)30(24)5)26(32)31-13-11-20(12-14-31)19-9-7-6-8-10-19/h6-10,16-18,20,28H,11-15H2,1-5H3. The molecule has 1 amide bonds. The van der Waals surface area contributed by atoms with Gasteiger partial charge >= 0.3 is 10.2 Å². The van der Waals surface area contributed by atoms with Crippen LogP contribution in [-0.2, 0) is 23.7 Å². The van der Waals surface area contributed by atoms with Crippen molar-refractivity contribution in [1.82, 2.24) is 18.8 Å². The third kappa shape index (κ3) is 5.36. The minimum absolute atomic E-state index is 0.0912. The van der Waals surface area contributed by atoms with Crippen molar-refractivity contribution in [2.24, 2.45) is 13.0 Å². The number of rotatable bonds is 7. The number of hydrogen-bond acceptors (Lipinski definition) is 4. The molecule has 35 heavy (non-hydrogen) atoms. The molecule has 1 fully saturated rings. The van der Waals surface area contributed by atoms with E-state index in [1.54, 1.807) is 12.1 Å². The topological polar surface area (TPSA) is 87.5 Å². The van der Waals surface area contributed by atoms with Crippen LogP contribution in [-0.4, -0.2) is 60.3 Å². The number of nitrogens with zero attached hydrogens (tertiary/aromatic N) is 4. The molecule has 0 spiro atoms. The first-order chi connectivity index (χ1) is 16.6. The van der Waals surface area contributed by atoms with Crippen LogP contribution in [0.1, 0.15) is 54.4 Å². The van der Waals surface area contributed by atoms with Crippen LogP contribution in [0.2, 0.25) is 0 Å². The lowest BCUT2D eigenvalue weighted by Gasteiger charge is -2.32. The van der Waals surface area contributed by atoms with Crippen molar-refractivity contribution < 1.29 is 13.2 Å². The quantitative estimate of drug-likeness (QED) is 0.534. The Kier molecular flexibility index (Phi) is 7.19. The van der Waals surface area contributed by atoms with E-state index in [1.165, 1.54) is 19.7 Å². The van der Waals surface area contributed by atoms with Gasteiger partial charge in [-0.05, 0) is 42.4 Å². The molecule has 188 valence electrons. The molecule has 0 radical (unpaired) electrons. The number of anilines is 1. The van der Waals surface area contributed by atoms with Crippen molar-refractivity contribution in [3.8, 4) is 0 Å². The van der Waals surface area contributed by atoms with Crippen LogP contribution in [0, 0.1) is 5.92 Å². The van der Waals surface area contributed by atoms with Crippen LogP contribution >= 0.6 is 0 Å². The highest BCUT2D eigenvalue weighted by Gasteiger charge is 2.28. The van der Waals surface area contributed by atoms with Crippen LogP contribution in [0.25, 0.3) is 11.0 Å². The molecule has 3 aromatic rings. The number of fused-ring (bicyclic) bond motifs is 1. The highest BCUT2D eigenvalue weighted by molar-refractivity contribution is 7.90. The summed E-state index contributed by atoms with van der Waals surface area (Å²) in [5.41, 5.74) is 3.48. The number of likely N-dealkylation sites (tertiary alicyclic amines) is 1. The lowest BCUT2D eigenvalue weighted by atomic mass is 9.89. The zero-order valence-corrected chi connectivity index (χ0v) is 22.0. The molecule has 1 N–H and O–H groups in total. The second-order valence-electron chi connectivity index (χ2n) is 9.94. The fraction of sp³-hybridized carbons (Fsp3) is 0.462. The summed E-state index contributed by atoms with van der Waals surface area (Å²) < 4.78 is 30.7. The summed E-state index contributed by atoms with van der Waals surface area (Å²) in [4.78, 5) is 20.4. The average Bonchev–Trinajstić information content (AvgIpc) is 3.12. The van der Waals surface area contributed by atoms with Gasteiger partial charge < -0.3 is 9.47 Å². The highest BCUT2D eigenvalue weighted by Crippen LogP contribution is 2.31. The van der Waals surface area contributed by atoms with E-state index in [9.17, 15) is 13.2 Å². The van der Waals surface area contributed by atoms with Gasteiger partial charge in [0.15, 0.2) is 0 Å². The maximum atomic E-state index is 13.8.